The Morgan fingerprint density at radius 1 is 0.775 bits per heavy atom. The molecule has 1 saturated heterocycles. The molecule has 1 aliphatic carbocycles. The van der Waals surface area contributed by atoms with Crippen LogP contribution in [0.2, 0.25) is 18.1 Å². The molecule has 1 unspecified atom stereocenters. The zero-order valence-corrected chi connectivity index (χ0v) is 26.5. The van der Waals surface area contributed by atoms with E-state index in [4.69, 9.17) is 4.74 Å². The van der Waals surface area contributed by atoms with E-state index in [1.165, 1.54) is 75.9 Å². The molecule has 1 atom stereocenters. The van der Waals surface area contributed by atoms with Gasteiger partial charge in [0.05, 0.1) is 14.2 Å². The molecule has 1 nitrogen and oxygen atoms in total. The van der Waals surface area contributed by atoms with E-state index in [0.29, 0.717) is 0 Å². The molecule has 2 aliphatic rings. The van der Waals surface area contributed by atoms with Gasteiger partial charge in [-0.25, -0.2) is 8.78 Å². The Hall–Kier alpha value is -1.68. The summed E-state index contributed by atoms with van der Waals surface area (Å²) in [7, 11) is -1.40. The molecule has 2 aromatic carbocycles. The zero-order valence-electron chi connectivity index (χ0n) is 25.5. The van der Waals surface area contributed by atoms with Crippen molar-refractivity contribution in [1.82, 2.24) is 0 Å². The maximum atomic E-state index is 15.0. The van der Waals surface area contributed by atoms with E-state index in [1.54, 1.807) is 17.3 Å². The minimum absolute atomic E-state index is 0.173. The second-order valence-electron chi connectivity index (χ2n) is 13.1. The molecular weight excluding hydrogens is 514 g/mol. The molecule has 0 aromatic heterocycles. The van der Waals surface area contributed by atoms with Crippen LogP contribution >= 0.6 is 0 Å². The lowest BCUT2D eigenvalue weighted by Gasteiger charge is -2.43. The van der Waals surface area contributed by atoms with Gasteiger partial charge in [0.25, 0.3) is 0 Å². The average molecular weight is 569 g/mol. The summed E-state index contributed by atoms with van der Waals surface area (Å²) in [6, 6.07) is 19.0. The Morgan fingerprint density at radius 3 is 2.00 bits per heavy atom. The van der Waals surface area contributed by atoms with Crippen LogP contribution in [0.1, 0.15) is 122 Å². The van der Waals surface area contributed by atoms with Gasteiger partial charge in [0, 0.05) is 0 Å². The fourth-order valence-corrected chi connectivity index (χ4v) is 13.1. The average Bonchev–Trinajstić information content (AvgIpc) is 2.98. The number of benzene rings is 2. The first-order valence-corrected chi connectivity index (χ1v) is 19.3. The summed E-state index contributed by atoms with van der Waals surface area (Å²) in [6.45, 7) is 6.41. The van der Waals surface area contributed by atoms with Gasteiger partial charge in [0.1, 0.15) is 0 Å². The Morgan fingerprint density at radius 2 is 1.38 bits per heavy atom. The lowest BCUT2D eigenvalue weighted by Crippen LogP contribution is -2.50. The third-order valence-electron chi connectivity index (χ3n) is 10.3. The van der Waals surface area contributed by atoms with Crippen LogP contribution in [0.3, 0.4) is 0 Å². The van der Waals surface area contributed by atoms with Crippen molar-refractivity contribution in [2.75, 3.05) is 0 Å². The maximum Gasteiger partial charge on any atom is 0.191 e. The van der Waals surface area contributed by atoms with Crippen molar-refractivity contribution in [3.63, 3.8) is 0 Å². The molecule has 1 saturated carbocycles. The van der Waals surface area contributed by atoms with Crippen LogP contribution in [0.5, 0.6) is 5.75 Å². The summed E-state index contributed by atoms with van der Waals surface area (Å²) in [5, 5.41) is 1.69. The largest absolute Gasteiger partial charge is 0.485 e. The first-order chi connectivity index (χ1) is 19.5. The number of ether oxygens (including phenoxy) is 1. The van der Waals surface area contributed by atoms with Crippen molar-refractivity contribution in [2.45, 2.75) is 141 Å². The fourth-order valence-electron chi connectivity index (χ4n) is 7.82. The summed E-state index contributed by atoms with van der Waals surface area (Å²) in [4.78, 5) is 0. The van der Waals surface area contributed by atoms with E-state index in [-0.39, 0.29) is 17.8 Å². The Labute approximate surface area is 244 Å². The maximum absolute atomic E-state index is 15.0. The Balaban J connectivity index is 1.30. The van der Waals surface area contributed by atoms with Gasteiger partial charge < -0.3 is 4.74 Å². The summed E-state index contributed by atoms with van der Waals surface area (Å²) in [5.41, 5.74) is 0.825. The molecule has 4 heteroatoms. The molecule has 222 valence electrons. The van der Waals surface area contributed by atoms with Crippen LogP contribution < -0.4 is 9.92 Å². The summed E-state index contributed by atoms with van der Waals surface area (Å²) in [5.74, 6) is 0.620. The molecule has 4 rings (SSSR count). The molecule has 0 N–H and O–H groups in total. The minimum Gasteiger partial charge on any atom is -0.485 e. The summed E-state index contributed by atoms with van der Waals surface area (Å²) in [6.07, 6.45) is 16.5. The lowest BCUT2D eigenvalue weighted by atomic mass is 9.72. The van der Waals surface area contributed by atoms with Crippen molar-refractivity contribution >= 4 is 13.3 Å². The molecule has 0 radical (unpaired) electrons. The number of halogens is 2. The normalized spacial score (nSPS) is 26.0. The van der Waals surface area contributed by atoms with Crippen LogP contribution in [0, 0.1) is 23.5 Å². The van der Waals surface area contributed by atoms with Crippen LogP contribution in [-0.4, -0.2) is 14.2 Å². The molecular formula is C36H54F2OSi. The van der Waals surface area contributed by atoms with Crippen molar-refractivity contribution in [3.8, 4) is 5.75 Å². The number of hydrogen-bond acceptors (Lipinski definition) is 1. The highest BCUT2D eigenvalue weighted by atomic mass is 28.3. The highest BCUT2D eigenvalue weighted by Gasteiger charge is 2.41. The van der Waals surface area contributed by atoms with Crippen molar-refractivity contribution < 1.29 is 13.5 Å². The van der Waals surface area contributed by atoms with Gasteiger partial charge in [-0.15, -0.1) is 0 Å². The standard InChI is InChI=1S/C36H54F2OSi/c1-4-6-8-10-14-28(3)39-36-34(37)26-32(27-35(36)38)30-19-17-29(18-20-30)31-21-24-40(25-22-31,23-13-7-5-2)33-15-11-9-12-16-33/h9,11-12,15-16,26-31H,4-8,10,13-14,17-25H2,1-3H3/t28?,29?,30?,31-,40-. The van der Waals surface area contributed by atoms with E-state index in [1.807, 2.05) is 6.92 Å². The SMILES string of the molecule is CCCCCCC(C)Oc1c(F)cc(C2CCC([C@H]3CC[Si@](CCCCC)(c4ccccc4)CC3)CC2)cc1F. The summed E-state index contributed by atoms with van der Waals surface area (Å²) < 4.78 is 35.7. The lowest BCUT2D eigenvalue weighted by molar-refractivity contribution is 0.187. The van der Waals surface area contributed by atoms with E-state index in [9.17, 15) is 8.78 Å². The van der Waals surface area contributed by atoms with Gasteiger partial charge in [-0.2, -0.15) is 0 Å². The minimum atomic E-state index is -1.40. The first-order valence-electron chi connectivity index (χ1n) is 16.7. The molecule has 2 aromatic rings. The second kappa shape index (κ2) is 15.5. The van der Waals surface area contributed by atoms with Gasteiger partial charge in [-0.05, 0) is 80.9 Å². The monoisotopic (exact) mass is 568 g/mol. The van der Waals surface area contributed by atoms with E-state index >= 15 is 0 Å². The van der Waals surface area contributed by atoms with Gasteiger partial charge >= 0.3 is 0 Å². The third-order valence-corrected chi connectivity index (χ3v) is 15.7. The molecule has 1 heterocycles. The number of hydrogen-bond donors (Lipinski definition) is 0. The van der Waals surface area contributed by atoms with E-state index in [0.717, 1.165) is 49.5 Å². The summed E-state index contributed by atoms with van der Waals surface area (Å²) >= 11 is 0. The van der Waals surface area contributed by atoms with Gasteiger partial charge in [0.2, 0.25) is 0 Å². The molecule has 0 bridgehead atoms. The molecule has 40 heavy (non-hydrogen) atoms. The van der Waals surface area contributed by atoms with Crippen molar-refractivity contribution in [1.29, 1.82) is 0 Å². The second-order valence-corrected chi connectivity index (χ2v) is 17.8. The topological polar surface area (TPSA) is 9.23 Å². The molecule has 0 spiro atoms. The van der Waals surface area contributed by atoms with Crippen LogP contribution in [-0.2, 0) is 0 Å². The molecule has 0 amide bonds. The van der Waals surface area contributed by atoms with Crippen molar-refractivity contribution in [2.24, 2.45) is 11.8 Å². The molecule has 1 aliphatic heterocycles. The van der Waals surface area contributed by atoms with Crippen LogP contribution in [0.15, 0.2) is 42.5 Å². The fraction of sp³-hybridized carbons (Fsp3) is 0.667. The Kier molecular flexibility index (Phi) is 12.1. The molecule has 2 fully saturated rings. The van der Waals surface area contributed by atoms with Crippen LogP contribution in [0.25, 0.3) is 0 Å². The number of rotatable bonds is 14. The quantitative estimate of drug-likeness (QED) is 0.163. The highest BCUT2D eigenvalue weighted by Crippen LogP contribution is 2.46. The van der Waals surface area contributed by atoms with Crippen LogP contribution in [0.4, 0.5) is 8.78 Å². The van der Waals surface area contributed by atoms with E-state index in [2.05, 4.69) is 44.2 Å². The van der Waals surface area contributed by atoms with E-state index < -0.39 is 19.7 Å². The van der Waals surface area contributed by atoms with Gasteiger partial charge in [0.15, 0.2) is 17.4 Å². The first kappa shape index (κ1) is 31.3. The third kappa shape index (κ3) is 8.20. The Bertz CT molecular complexity index is 986. The van der Waals surface area contributed by atoms with Gasteiger partial charge in [-0.3, -0.25) is 0 Å². The predicted molar refractivity (Wildman–Crippen MR) is 168 cm³/mol. The highest BCUT2D eigenvalue weighted by molar-refractivity contribution is 6.92. The van der Waals surface area contributed by atoms with Crippen molar-refractivity contribution in [3.05, 3.63) is 59.7 Å². The van der Waals surface area contributed by atoms with Gasteiger partial charge in [-0.1, -0.05) is 119 Å². The zero-order chi connectivity index (χ0) is 28.4. The smallest absolute Gasteiger partial charge is 0.191 e. The number of unbranched alkanes of at least 4 members (excludes halogenated alkanes) is 5. The predicted octanol–water partition coefficient (Wildman–Crippen LogP) is 10.9.